The first-order valence-electron chi connectivity index (χ1n) is 8.30. The summed E-state index contributed by atoms with van der Waals surface area (Å²) in [5, 5.41) is 2.79. The van der Waals surface area contributed by atoms with Gasteiger partial charge in [0, 0.05) is 19.0 Å². The average molecular weight is 356 g/mol. The molecule has 136 valence electrons. The largest absolute Gasteiger partial charge is 0.495 e. The summed E-state index contributed by atoms with van der Waals surface area (Å²) in [7, 11) is -2.10. The molecule has 0 saturated carbocycles. The first kappa shape index (κ1) is 20.4. The lowest BCUT2D eigenvalue weighted by molar-refractivity contribution is -0.119. The maximum atomic E-state index is 12.6. The first-order chi connectivity index (χ1) is 11.3. The summed E-state index contributed by atoms with van der Waals surface area (Å²) in [5.41, 5.74) is 0.374. The molecule has 1 N–H and O–H groups in total. The minimum absolute atomic E-state index is 0.144. The second-order valence-electron chi connectivity index (χ2n) is 5.63. The van der Waals surface area contributed by atoms with Crippen LogP contribution in [0, 0.1) is 5.92 Å². The SMILES string of the molecule is CCC[C@H](C)C(=O)Nc1cc(S(=O)(=O)N(CC)CC)ccc1OC. The molecule has 1 rings (SSSR count). The van der Waals surface area contributed by atoms with Crippen LogP contribution in [0.5, 0.6) is 5.75 Å². The lowest BCUT2D eigenvalue weighted by Gasteiger charge is -2.20. The van der Waals surface area contributed by atoms with Crippen LogP contribution in [0.4, 0.5) is 5.69 Å². The fraction of sp³-hybridized carbons (Fsp3) is 0.588. The third-order valence-corrected chi connectivity index (χ3v) is 5.99. The van der Waals surface area contributed by atoms with Crippen molar-refractivity contribution in [1.82, 2.24) is 4.31 Å². The molecule has 0 aliphatic carbocycles. The van der Waals surface area contributed by atoms with E-state index in [4.69, 9.17) is 4.74 Å². The van der Waals surface area contributed by atoms with Crippen LogP contribution in [-0.2, 0) is 14.8 Å². The third-order valence-electron chi connectivity index (χ3n) is 3.94. The molecule has 0 aliphatic heterocycles. The first-order valence-corrected chi connectivity index (χ1v) is 9.74. The highest BCUT2D eigenvalue weighted by Crippen LogP contribution is 2.29. The molecule has 0 bridgehead atoms. The number of anilines is 1. The van der Waals surface area contributed by atoms with Gasteiger partial charge in [0.05, 0.1) is 17.7 Å². The van der Waals surface area contributed by atoms with Crippen LogP contribution in [0.15, 0.2) is 23.1 Å². The van der Waals surface area contributed by atoms with E-state index in [1.165, 1.54) is 23.5 Å². The molecule has 24 heavy (non-hydrogen) atoms. The number of benzene rings is 1. The Balaban J connectivity index is 3.19. The van der Waals surface area contributed by atoms with Gasteiger partial charge in [-0.25, -0.2) is 8.42 Å². The molecular formula is C17H28N2O4S. The molecule has 7 heteroatoms. The average Bonchev–Trinajstić information content (AvgIpc) is 2.55. The van der Waals surface area contributed by atoms with Crippen LogP contribution in [0.25, 0.3) is 0 Å². The van der Waals surface area contributed by atoms with Gasteiger partial charge in [-0.15, -0.1) is 0 Å². The Morgan fingerprint density at radius 1 is 1.25 bits per heavy atom. The lowest BCUT2D eigenvalue weighted by atomic mass is 10.1. The number of methoxy groups -OCH3 is 1. The summed E-state index contributed by atoms with van der Waals surface area (Å²) < 4.78 is 31.9. The van der Waals surface area contributed by atoms with Crippen molar-refractivity contribution >= 4 is 21.6 Å². The Morgan fingerprint density at radius 2 is 1.88 bits per heavy atom. The normalized spacial score (nSPS) is 12.9. The van der Waals surface area contributed by atoms with Crippen LogP contribution >= 0.6 is 0 Å². The summed E-state index contributed by atoms with van der Waals surface area (Å²) in [5.74, 6) is 0.140. The van der Waals surface area contributed by atoms with Gasteiger partial charge in [0.25, 0.3) is 0 Å². The summed E-state index contributed by atoms with van der Waals surface area (Å²) >= 11 is 0. The maximum absolute atomic E-state index is 12.6. The fourth-order valence-electron chi connectivity index (χ4n) is 2.48. The van der Waals surface area contributed by atoms with Crippen LogP contribution in [-0.4, -0.2) is 38.8 Å². The minimum Gasteiger partial charge on any atom is -0.495 e. The van der Waals surface area contributed by atoms with Crippen LogP contribution < -0.4 is 10.1 Å². The number of amides is 1. The number of nitrogens with one attached hydrogen (secondary N) is 1. The highest BCUT2D eigenvalue weighted by molar-refractivity contribution is 7.89. The van der Waals surface area contributed by atoms with Gasteiger partial charge in [0.2, 0.25) is 15.9 Å². The van der Waals surface area contributed by atoms with Gasteiger partial charge in [-0.2, -0.15) is 4.31 Å². The summed E-state index contributed by atoms with van der Waals surface area (Å²) in [6.07, 6.45) is 1.67. The number of ether oxygens (including phenoxy) is 1. The van der Waals surface area contributed by atoms with Gasteiger partial charge in [-0.05, 0) is 24.6 Å². The molecular weight excluding hydrogens is 328 g/mol. The number of carbonyl (C=O) groups is 1. The number of hydrogen-bond donors (Lipinski definition) is 1. The molecule has 0 aliphatic rings. The number of carbonyl (C=O) groups excluding carboxylic acids is 1. The summed E-state index contributed by atoms with van der Waals surface area (Å²) in [6.45, 7) is 8.23. The van der Waals surface area contributed by atoms with E-state index in [0.717, 1.165) is 12.8 Å². The number of nitrogens with zero attached hydrogens (tertiary/aromatic N) is 1. The van der Waals surface area contributed by atoms with Crippen molar-refractivity contribution in [3.8, 4) is 5.75 Å². The number of hydrogen-bond acceptors (Lipinski definition) is 4. The molecule has 0 aromatic heterocycles. The predicted molar refractivity (Wildman–Crippen MR) is 95.8 cm³/mol. The van der Waals surface area contributed by atoms with Crippen molar-refractivity contribution in [3.05, 3.63) is 18.2 Å². The molecule has 6 nitrogen and oxygen atoms in total. The molecule has 0 heterocycles. The van der Waals surface area contributed by atoms with Gasteiger partial charge in [-0.1, -0.05) is 34.1 Å². The summed E-state index contributed by atoms with van der Waals surface area (Å²) in [4.78, 5) is 12.4. The van der Waals surface area contributed by atoms with E-state index in [1.807, 2.05) is 13.8 Å². The third kappa shape index (κ3) is 4.70. The Labute approximate surface area is 145 Å². The zero-order chi connectivity index (χ0) is 18.3. The van der Waals surface area contributed by atoms with E-state index in [9.17, 15) is 13.2 Å². The van der Waals surface area contributed by atoms with E-state index in [0.29, 0.717) is 24.5 Å². The summed E-state index contributed by atoms with van der Waals surface area (Å²) in [6, 6.07) is 4.52. The Kier molecular flexibility index (Phi) is 7.69. The standard InChI is InChI=1S/C17H28N2O4S/c1-6-9-13(4)17(20)18-15-12-14(10-11-16(15)23-5)24(21,22)19(7-2)8-3/h10-13H,6-9H2,1-5H3,(H,18,20)/t13-/m0/s1. The Morgan fingerprint density at radius 3 is 2.38 bits per heavy atom. The van der Waals surface area contributed by atoms with Crippen molar-refractivity contribution in [2.24, 2.45) is 5.92 Å². The van der Waals surface area contributed by atoms with Crippen molar-refractivity contribution in [3.63, 3.8) is 0 Å². The van der Waals surface area contributed by atoms with Crippen LogP contribution in [0.3, 0.4) is 0 Å². The van der Waals surface area contributed by atoms with E-state index in [1.54, 1.807) is 19.9 Å². The fourth-order valence-corrected chi connectivity index (χ4v) is 3.96. The second-order valence-corrected chi connectivity index (χ2v) is 7.57. The van der Waals surface area contributed by atoms with E-state index >= 15 is 0 Å². The molecule has 0 saturated heterocycles. The molecule has 0 fully saturated rings. The van der Waals surface area contributed by atoms with Crippen molar-refractivity contribution in [2.45, 2.75) is 45.4 Å². The lowest BCUT2D eigenvalue weighted by Crippen LogP contribution is -2.30. The quantitative estimate of drug-likeness (QED) is 0.738. The second kappa shape index (κ2) is 9.03. The van der Waals surface area contributed by atoms with Gasteiger partial charge < -0.3 is 10.1 Å². The predicted octanol–water partition coefficient (Wildman–Crippen LogP) is 3.10. The molecule has 0 spiro atoms. The van der Waals surface area contributed by atoms with Gasteiger partial charge in [-0.3, -0.25) is 4.79 Å². The van der Waals surface area contributed by atoms with Gasteiger partial charge in [0.15, 0.2) is 0 Å². The molecule has 1 aromatic rings. The molecule has 0 unspecified atom stereocenters. The van der Waals surface area contributed by atoms with Crippen molar-refractivity contribution in [1.29, 1.82) is 0 Å². The highest BCUT2D eigenvalue weighted by Gasteiger charge is 2.23. The van der Waals surface area contributed by atoms with E-state index < -0.39 is 10.0 Å². The highest BCUT2D eigenvalue weighted by atomic mass is 32.2. The number of sulfonamides is 1. The number of rotatable bonds is 9. The zero-order valence-electron chi connectivity index (χ0n) is 15.1. The topological polar surface area (TPSA) is 75.7 Å². The van der Waals surface area contributed by atoms with Gasteiger partial charge in [0.1, 0.15) is 5.75 Å². The maximum Gasteiger partial charge on any atom is 0.243 e. The zero-order valence-corrected chi connectivity index (χ0v) is 15.9. The van der Waals surface area contributed by atoms with Crippen molar-refractivity contribution in [2.75, 3.05) is 25.5 Å². The van der Waals surface area contributed by atoms with Crippen molar-refractivity contribution < 1.29 is 17.9 Å². The molecule has 1 amide bonds. The Bertz CT molecular complexity index is 655. The van der Waals surface area contributed by atoms with E-state index in [-0.39, 0.29) is 16.7 Å². The van der Waals surface area contributed by atoms with Gasteiger partial charge >= 0.3 is 0 Å². The Hall–Kier alpha value is -1.60. The van der Waals surface area contributed by atoms with E-state index in [2.05, 4.69) is 5.32 Å². The smallest absolute Gasteiger partial charge is 0.243 e. The van der Waals surface area contributed by atoms with Crippen LogP contribution in [0.1, 0.15) is 40.5 Å². The minimum atomic E-state index is -3.59. The molecule has 1 aromatic carbocycles. The molecule has 1 atom stereocenters. The monoisotopic (exact) mass is 356 g/mol. The molecule has 0 radical (unpaired) electrons. The van der Waals surface area contributed by atoms with Crippen LogP contribution in [0.2, 0.25) is 0 Å².